The summed E-state index contributed by atoms with van der Waals surface area (Å²) in [7, 11) is 1.69. The Morgan fingerprint density at radius 3 is 2.67 bits per heavy atom. The molecule has 0 aromatic heterocycles. The largest absolute Gasteiger partial charge is 0.496 e. The Kier molecular flexibility index (Phi) is 5.36. The smallest absolute Gasteiger partial charge is 0.224 e. The Hall–Kier alpha value is -2.07. The normalized spacial score (nSPS) is 14.9. The van der Waals surface area contributed by atoms with Crippen LogP contribution in [0, 0.1) is 0 Å². The minimum atomic E-state index is 0.152. The van der Waals surface area contributed by atoms with E-state index in [0.29, 0.717) is 25.6 Å². The molecular formula is C20H26N2O2. The molecule has 1 aliphatic rings. The summed E-state index contributed by atoms with van der Waals surface area (Å²) < 4.78 is 5.59. The first-order chi connectivity index (χ1) is 11.7. The lowest BCUT2D eigenvalue weighted by atomic mass is 10.0. The SMILES string of the molecule is COc1ccc2ccccc2c1CN(C(=O)CCN)C1CCCC1. The standard InChI is InChI=1S/C20H26N2O2/c1-24-19-11-10-15-6-2-5-9-17(15)18(19)14-22(20(23)12-13-21)16-7-3-4-8-16/h2,5-6,9-11,16H,3-4,7-8,12-14,21H2,1H3. The van der Waals surface area contributed by atoms with E-state index in [1.807, 2.05) is 23.1 Å². The molecule has 1 aliphatic carbocycles. The lowest BCUT2D eigenvalue weighted by molar-refractivity contribution is -0.133. The predicted molar refractivity (Wildman–Crippen MR) is 97.0 cm³/mol. The fourth-order valence-corrected chi connectivity index (χ4v) is 3.74. The average molecular weight is 326 g/mol. The van der Waals surface area contributed by atoms with Crippen LogP contribution in [-0.4, -0.2) is 30.5 Å². The summed E-state index contributed by atoms with van der Waals surface area (Å²) in [6.07, 6.45) is 4.98. The fraction of sp³-hybridized carbons (Fsp3) is 0.450. The van der Waals surface area contributed by atoms with E-state index in [1.165, 1.54) is 18.2 Å². The second-order valence-corrected chi connectivity index (χ2v) is 6.47. The van der Waals surface area contributed by atoms with Gasteiger partial charge in [-0.15, -0.1) is 0 Å². The highest BCUT2D eigenvalue weighted by Gasteiger charge is 2.27. The average Bonchev–Trinajstić information content (AvgIpc) is 3.13. The van der Waals surface area contributed by atoms with Gasteiger partial charge in [0.2, 0.25) is 5.91 Å². The van der Waals surface area contributed by atoms with Crippen molar-refractivity contribution in [3.8, 4) is 5.75 Å². The summed E-state index contributed by atoms with van der Waals surface area (Å²) in [5.41, 5.74) is 6.72. The molecule has 0 unspecified atom stereocenters. The summed E-state index contributed by atoms with van der Waals surface area (Å²) in [6, 6.07) is 12.7. The van der Waals surface area contributed by atoms with Crippen molar-refractivity contribution in [3.05, 3.63) is 42.0 Å². The van der Waals surface area contributed by atoms with Gasteiger partial charge in [0.25, 0.3) is 0 Å². The molecule has 2 aromatic rings. The third-order valence-electron chi connectivity index (χ3n) is 4.99. The zero-order chi connectivity index (χ0) is 16.9. The summed E-state index contributed by atoms with van der Waals surface area (Å²) >= 11 is 0. The van der Waals surface area contributed by atoms with Crippen molar-refractivity contribution in [2.24, 2.45) is 5.73 Å². The van der Waals surface area contributed by atoms with Gasteiger partial charge < -0.3 is 15.4 Å². The zero-order valence-electron chi connectivity index (χ0n) is 14.3. The Labute approximate surface area is 143 Å². The second kappa shape index (κ2) is 7.67. The molecular weight excluding hydrogens is 300 g/mol. The molecule has 0 bridgehead atoms. The van der Waals surface area contributed by atoms with Gasteiger partial charge in [-0.25, -0.2) is 0 Å². The third-order valence-corrected chi connectivity index (χ3v) is 4.99. The molecule has 2 N–H and O–H groups in total. The number of nitrogens with zero attached hydrogens (tertiary/aromatic N) is 1. The van der Waals surface area contributed by atoms with Crippen LogP contribution in [0.2, 0.25) is 0 Å². The minimum Gasteiger partial charge on any atom is -0.496 e. The number of methoxy groups -OCH3 is 1. The van der Waals surface area contributed by atoms with Crippen molar-refractivity contribution in [2.75, 3.05) is 13.7 Å². The van der Waals surface area contributed by atoms with Crippen LogP contribution < -0.4 is 10.5 Å². The van der Waals surface area contributed by atoms with Crippen LogP contribution in [-0.2, 0) is 11.3 Å². The molecule has 2 aromatic carbocycles. The highest BCUT2D eigenvalue weighted by atomic mass is 16.5. The topological polar surface area (TPSA) is 55.6 Å². The molecule has 1 saturated carbocycles. The van der Waals surface area contributed by atoms with Gasteiger partial charge in [0.15, 0.2) is 0 Å². The first-order valence-corrected chi connectivity index (χ1v) is 8.78. The maximum absolute atomic E-state index is 12.7. The fourth-order valence-electron chi connectivity index (χ4n) is 3.74. The van der Waals surface area contributed by atoms with Gasteiger partial charge in [-0.05, 0) is 29.7 Å². The minimum absolute atomic E-state index is 0.152. The number of nitrogens with two attached hydrogens (primary N) is 1. The maximum Gasteiger partial charge on any atom is 0.224 e. The van der Waals surface area contributed by atoms with Gasteiger partial charge in [0, 0.05) is 24.6 Å². The summed E-state index contributed by atoms with van der Waals surface area (Å²) in [4.78, 5) is 14.7. The van der Waals surface area contributed by atoms with E-state index in [-0.39, 0.29) is 5.91 Å². The molecule has 128 valence electrons. The van der Waals surface area contributed by atoms with Crippen molar-refractivity contribution >= 4 is 16.7 Å². The van der Waals surface area contributed by atoms with Crippen LogP contribution >= 0.6 is 0 Å². The number of hydrogen-bond acceptors (Lipinski definition) is 3. The lowest BCUT2D eigenvalue weighted by Gasteiger charge is -2.30. The Bertz CT molecular complexity index is 708. The molecule has 3 rings (SSSR count). The summed E-state index contributed by atoms with van der Waals surface area (Å²) in [5.74, 6) is 0.997. The quantitative estimate of drug-likeness (QED) is 0.884. The van der Waals surface area contributed by atoms with Gasteiger partial charge in [0.05, 0.1) is 13.7 Å². The second-order valence-electron chi connectivity index (χ2n) is 6.47. The van der Waals surface area contributed by atoms with E-state index >= 15 is 0 Å². The third kappa shape index (κ3) is 3.39. The number of fused-ring (bicyclic) bond motifs is 1. The maximum atomic E-state index is 12.7. The van der Waals surface area contributed by atoms with Crippen LogP contribution in [0.5, 0.6) is 5.75 Å². The van der Waals surface area contributed by atoms with Crippen LogP contribution in [0.1, 0.15) is 37.7 Å². The molecule has 1 fully saturated rings. The Balaban J connectivity index is 1.99. The van der Waals surface area contributed by atoms with Gasteiger partial charge in [-0.1, -0.05) is 43.2 Å². The predicted octanol–water partition coefficient (Wildman–Crippen LogP) is 3.47. The molecule has 1 amide bonds. The van der Waals surface area contributed by atoms with Gasteiger partial charge in [0.1, 0.15) is 5.75 Å². The van der Waals surface area contributed by atoms with Crippen LogP contribution in [0.3, 0.4) is 0 Å². The lowest BCUT2D eigenvalue weighted by Crippen LogP contribution is -2.39. The molecule has 0 spiro atoms. The molecule has 0 radical (unpaired) electrons. The highest BCUT2D eigenvalue weighted by molar-refractivity contribution is 5.88. The monoisotopic (exact) mass is 326 g/mol. The number of benzene rings is 2. The highest BCUT2D eigenvalue weighted by Crippen LogP contribution is 2.32. The molecule has 4 heteroatoms. The van der Waals surface area contributed by atoms with E-state index in [9.17, 15) is 4.79 Å². The van der Waals surface area contributed by atoms with E-state index < -0.39 is 0 Å². The molecule has 0 saturated heterocycles. The molecule has 4 nitrogen and oxygen atoms in total. The van der Waals surface area contributed by atoms with Gasteiger partial charge in [-0.2, -0.15) is 0 Å². The van der Waals surface area contributed by atoms with Crippen molar-refractivity contribution in [2.45, 2.75) is 44.7 Å². The first-order valence-electron chi connectivity index (χ1n) is 8.78. The summed E-state index contributed by atoms with van der Waals surface area (Å²) in [5, 5.41) is 2.33. The van der Waals surface area contributed by atoms with E-state index in [4.69, 9.17) is 10.5 Å². The van der Waals surface area contributed by atoms with Gasteiger partial charge >= 0.3 is 0 Å². The van der Waals surface area contributed by atoms with Crippen molar-refractivity contribution in [1.82, 2.24) is 4.90 Å². The number of amides is 1. The van der Waals surface area contributed by atoms with Crippen molar-refractivity contribution in [1.29, 1.82) is 0 Å². The van der Waals surface area contributed by atoms with Crippen LogP contribution in [0.4, 0.5) is 0 Å². The summed E-state index contributed by atoms with van der Waals surface area (Å²) in [6.45, 7) is 0.989. The first kappa shape index (κ1) is 16.8. The molecule has 24 heavy (non-hydrogen) atoms. The Morgan fingerprint density at radius 1 is 1.21 bits per heavy atom. The number of rotatable bonds is 6. The van der Waals surface area contributed by atoms with E-state index in [2.05, 4.69) is 18.2 Å². The molecule has 0 heterocycles. The zero-order valence-corrected chi connectivity index (χ0v) is 14.3. The Morgan fingerprint density at radius 2 is 1.96 bits per heavy atom. The van der Waals surface area contributed by atoms with E-state index in [1.54, 1.807) is 7.11 Å². The van der Waals surface area contributed by atoms with Crippen molar-refractivity contribution < 1.29 is 9.53 Å². The van der Waals surface area contributed by atoms with Crippen molar-refractivity contribution in [3.63, 3.8) is 0 Å². The molecule has 0 aliphatic heterocycles. The molecule has 0 atom stereocenters. The van der Waals surface area contributed by atoms with Gasteiger partial charge in [-0.3, -0.25) is 4.79 Å². The number of carbonyl (C=O) groups excluding carboxylic acids is 1. The number of hydrogen-bond donors (Lipinski definition) is 1. The number of ether oxygens (including phenoxy) is 1. The number of carbonyl (C=O) groups is 1. The van der Waals surface area contributed by atoms with Crippen LogP contribution in [0.15, 0.2) is 36.4 Å². The van der Waals surface area contributed by atoms with Crippen LogP contribution in [0.25, 0.3) is 10.8 Å². The van der Waals surface area contributed by atoms with E-state index in [0.717, 1.165) is 29.5 Å².